The number of ether oxygens (including phenoxy) is 4. The van der Waals surface area contributed by atoms with Crippen LogP contribution in [-0.2, 0) is 18.9 Å². The van der Waals surface area contributed by atoms with Gasteiger partial charge in [0.2, 0.25) is 0 Å². The van der Waals surface area contributed by atoms with E-state index in [1.165, 1.54) is 6.92 Å². The van der Waals surface area contributed by atoms with Crippen LogP contribution in [0.3, 0.4) is 0 Å². The monoisotopic (exact) mass is 668 g/mol. The summed E-state index contributed by atoms with van der Waals surface area (Å²) >= 11 is 0. The smallest absolute Gasteiger partial charge is 0.196 e. The molecule has 270 valence electrons. The third kappa shape index (κ3) is 4.64. The molecule has 0 amide bonds. The first kappa shape index (κ1) is 35.0. The second-order valence-electron chi connectivity index (χ2n) is 18.7. The molecular formula is C37H61FO9. The Morgan fingerprint density at radius 2 is 1.57 bits per heavy atom. The Morgan fingerprint density at radius 1 is 0.915 bits per heavy atom. The minimum absolute atomic E-state index is 0.0701. The molecule has 5 aliphatic carbocycles. The first-order valence-corrected chi connectivity index (χ1v) is 18.4. The fourth-order valence-corrected chi connectivity index (χ4v) is 13.7. The highest BCUT2D eigenvalue weighted by molar-refractivity contribution is 5.33. The second-order valence-corrected chi connectivity index (χ2v) is 18.7. The number of aliphatic hydroxyl groups is 5. The van der Waals surface area contributed by atoms with E-state index in [1.807, 2.05) is 0 Å². The molecule has 2 heterocycles. The molecular weight excluding hydrogens is 607 g/mol. The van der Waals surface area contributed by atoms with Crippen molar-refractivity contribution in [3.63, 3.8) is 0 Å². The summed E-state index contributed by atoms with van der Waals surface area (Å²) in [6, 6.07) is 0. The van der Waals surface area contributed by atoms with Gasteiger partial charge in [0.1, 0.15) is 24.4 Å². The van der Waals surface area contributed by atoms with Crippen molar-refractivity contribution in [3.8, 4) is 0 Å². The van der Waals surface area contributed by atoms with Crippen LogP contribution in [-0.4, -0.2) is 99.2 Å². The Morgan fingerprint density at radius 3 is 2.23 bits per heavy atom. The summed E-state index contributed by atoms with van der Waals surface area (Å²) in [4.78, 5) is 0. The maximum atomic E-state index is 14.2. The van der Waals surface area contributed by atoms with E-state index in [0.717, 1.165) is 44.9 Å². The zero-order valence-electron chi connectivity index (χ0n) is 29.7. The van der Waals surface area contributed by atoms with Crippen LogP contribution in [0.25, 0.3) is 0 Å². The van der Waals surface area contributed by atoms with Crippen molar-refractivity contribution in [3.05, 3.63) is 0 Å². The van der Waals surface area contributed by atoms with E-state index in [1.54, 1.807) is 13.8 Å². The molecule has 10 heteroatoms. The van der Waals surface area contributed by atoms with Gasteiger partial charge in [-0.2, -0.15) is 0 Å². The van der Waals surface area contributed by atoms with Gasteiger partial charge in [-0.3, -0.25) is 0 Å². The highest BCUT2D eigenvalue weighted by atomic mass is 19.1. The van der Waals surface area contributed by atoms with Crippen molar-refractivity contribution in [1.82, 2.24) is 0 Å². The van der Waals surface area contributed by atoms with Crippen LogP contribution in [0.15, 0.2) is 0 Å². The highest BCUT2D eigenvalue weighted by Gasteiger charge is 2.84. The molecule has 0 aromatic carbocycles. The molecule has 7 fully saturated rings. The maximum absolute atomic E-state index is 14.2. The van der Waals surface area contributed by atoms with Gasteiger partial charge in [-0.25, -0.2) is 4.39 Å². The summed E-state index contributed by atoms with van der Waals surface area (Å²) in [6.07, 6.45) is -0.950. The zero-order valence-corrected chi connectivity index (χ0v) is 29.7. The first-order chi connectivity index (χ1) is 21.8. The average Bonchev–Trinajstić information content (AvgIpc) is 3.61. The van der Waals surface area contributed by atoms with Gasteiger partial charge in [-0.1, -0.05) is 34.6 Å². The van der Waals surface area contributed by atoms with Gasteiger partial charge in [-0.15, -0.1) is 0 Å². The van der Waals surface area contributed by atoms with Gasteiger partial charge >= 0.3 is 0 Å². The Balaban J connectivity index is 1.14. The predicted octanol–water partition coefficient (Wildman–Crippen LogP) is 4.10. The van der Waals surface area contributed by atoms with Crippen LogP contribution in [0.4, 0.5) is 4.39 Å². The molecule has 7 rings (SSSR count). The normalized spacial score (nSPS) is 56.3. The molecule has 0 aromatic heterocycles. The first-order valence-electron chi connectivity index (χ1n) is 18.4. The largest absolute Gasteiger partial charge is 0.390 e. The lowest BCUT2D eigenvalue weighted by molar-refractivity contribution is -0.303. The predicted molar refractivity (Wildman–Crippen MR) is 170 cm³/mol. The van der Waals surface area contributed by atoms with Crippen LogP contribution in [0.1, 0.15) is 107 Å². The summed E-state index contributed by atoms with van der Waals surface area (Å²) in [5, 5.41) is 54.3. The molecule has 0 unspecified atom stereocenters. The van der Waals surface area contributed by atoms with E-state index in [4.69, 9.17) is 18.9 Å². The Kier molecular flexibility index (Phi) is 8.22. The topological polar surface area (TPSA) is 138 Å². The van der Waals surface area contributed by atoms with Crippen molar-refractivity contribution in [2.75, 3.05) is 6.61 Å². The second kappa shape index (κ2) is 11.0. The van der Waals surface area contributed by atoms with Crippen molar-refractivity contribution in [2.45, 2.75) is 174 Å². The molecule has 5 N–H and O–H groups in total. The van der Waals surface area contributed by atoms with Gasteiger partial charge < -0.3 is 44.5 Å². The van der Waals surface area contributed by atoms with E-state index in [9.17, 15) is 29.9 Å². The Hall–Kier alpha value is -0.430. The van der Waals surface area contributed by atoms with Gasteiger partial charge in [0.25, 0.3) is 0 Å². The van der Waals surface area contributed by atoms with Crippen LogP contribution in [0.5, 0.6) is 0 Å². The fraction of sp³-hybridized carbons (Fsp3) is 1.00. The number of hydrogen-bond acceptors (Lipinski definition) is 9. The molecule has 5 saturated carbocycles. The molecule has 0 radical (unpaired) electrons. The minimum Gasteiger partial charge on any atom is -0.390 e. The van der Waals surface area contributed by atoms with E-state index in [-0.39, 0.29) is 51.6 Å². The minimum atomic E-state index is -1.54. The Labute approximate surface area is 279 Å². The lowest BCUT2D eigenvalue weighted by Gasteiger charge is -2.64. The fourth-order valence-electron chi connectivity index (χ4n) is 13.7. The molecule has 2 aliphatic heterocycles. The summed E-state index contributed by atoms with van der Waals surface area (Å²) in [5.74, 6) is 1.14. The van der Waals surface area contributed by atoms with Gasteiger partial charge in [0, 0.05) is 5.41 Å². The Bertz CT molecular complexity index is 1210. The molecule has 0 aromatic rings. The standard InChI is InChI=1S/C37H61FO9/c1-18-15-21(30(33(5,6)43)45-19(2)38)46-28-25(18)34(7)13-14-37-17-36(37)12-11-24(47-31-27(41)26(40)20(39)16-44-31)32(3,4)22(36)9-10-23(37)35(34,8)29(28)42/h18-31,39-43H,9-17H2,1-8H3/t18-,19+,20-,21-,22+,23+,24+,25+,26+,27-,28+,29+,30+,31+,34-,35-,36-,37+/m1/s1. The van der Waals surface area contributed by atoms with Gasteiger partial charge in [0.15, 0.2) is 12.6 Å². The van der Waals surface area contributed by atoms with Crippen molar-refractivity contribution < 1.29 is 48.9 Å². The van der Waals surface area contributed by atoms with E-state index in [2.05, 4.69) is 34.6 Å². The maximum Gasteiger partial charge on any atom is 0.196 e. The average molecular weight is 669 g/mol. The molecule has 47 heavy (non-hydrogen) atoms. The molecule has 18 atom stereocenters. The van der Waals surface area contributed by atoms with Gasteiger partial charge in [0.05, 0.1) is 36.6 Å². The number of rotatable bonds is 6. The third-order valence-corrected chi connectivity index (χ3v) is 15.9. The molecule has 0 bridgehead atoms. The molecule has 2 saturated heterocycles. The number of halogens is 1. The lowest BCUT2D eigenvalue weighted by atomic mass is 9.41. The summed E-state index contributed by atoms with van der Waals surface area (Å²) in [7, 11) is 0. The number of alkyl halides is 1. The van der Waals surface area contributed by atoms with Crippen molar-refractivity contribution >= 4 is 0 Å². The molecule has 2 spiro atoms. The summed E-state index contributed by atoms with van der Waals surface area (Å²) in [6.45, 7) is 16.1. The van der Waals surface area contributed by atoms with E-state index < -0.39 is 61.0 Å². The zero-order chi connectivity index (χ0) is 34.3. The quantitative estimate of drug-likeness (QED) is 0.265. The molecule has 9 nitrogen and oxygen atoms in total. The van der Waals surface area contributed by atoms with Gasteiger partial charge in [-0.05, 0) is 117 Å². The van der Waals surface area contributed by atoms with Crippen LogP contribution >= 0.6 is 0 Å². The van der Waals surface area contributed by atoms with Crippen molar-refractivity contribution in [2.24, 2.45) is 50.7 Å². The number of fused-ring (bicyclic) bond motifs is 4. The van der Waals surface area contributed by atoms with E-state index in [0.29, 0.717) is 18.3 Å². The third-order valence-electron chi connectivity index (χ3n) is 15.9. The number of hydrogen-bond donors (Lipinski definition) is 5. The summed E-state index contributed by atoms with van der Waals surface area (Å²) in [5.41, 5.74) is -1.65. The highest BCUT2D eigenvalue weighted by Crippen LogP contribution is 2.89. The van der Waals surface area contributed by atoms with Crippen LogP contribution in [0.2, 0.25) is 0 Å². The van der Waals surface area contributed by atoms with Crippen LogP contribution in [0, 0.1) is 50.7 Å². The van der Waals surface area contributed by atoms with E-state index >= 15 is 0 Å². The van der Waals surface area contributed by atoms with Crippen molar-refractivity contribution in [1.29, 1.82) is 0 Å². The summed E-state index contributed by atoms with van der Waals surface area (Å²) < 4.78 is 38.7. The number of aliphatic hydroxyl groups excluding tert-OH is 4. The van der Waals surface area contributed by atoms with Crippen LogP contribution < -0.4 is 0 Å². The molecule has 7 aliphatic rings. The lowest BCUT2D eigenvalue weighted by Crippen LogP contribution is -2.61. The SMILES string of the molecule is C[C@@H]1C[C@H]([C@H](O[C@@H](C)F)C(C)(C)O)O[C@H]2[C@H]1[C@@]1(C)CC[C@@]34C[C@@]35CC[C@H](O[C@@H]3OC[C@@H](O)[C@H](O)[C@H]3O)C(C)(C)[C@@H]5CC[C@H]4[C@]1(C)[C@H]2O.